The summed E-state index contributed by atoms with van der Waals surface area (Å²) in [6.45, 7) is 3.70. The Morgan fingerprint density at radius 2 is 2.33 bits per heavy atom. The fourth-order valence-corrected chi connectivity index (χ4v) is 0.876. The molecule has 12 heavy (non-hydrogen) atoms. The van der Waals surface area contributed by atoms with Gasteiger partial charge in [0.25, 0.3) is 0 Å². The van der Waals surface area contributed by atoms with E-state index in [0.29, 0.717) is 6.54 Å². The molecule has 1 aromatic rings. The maximum atomic E-state index is 9.32. The molecule has 1 heterocycles. The molecular weight excluding hydrogens is 156 g/mol. The summed E-state index contributed by atoms with van der Waals surface area (Å²) in [5.41, 5.74) is 0. The first kappa shape index (κ1) is 8.96. The summed E-state index contributed by atoms with van der Waals surface area (Å²) in [5, 5.41) is 18.4. The number of aliphatic hydroxyl groups excluding tert-OH is 2. The van der Waals surface area contributed by atoms with Crippen LogP contribution in [0.25, 0.3) is 0 Å². The van der Waals surface area contributed by atoms with Gasteiger partial charge < -0.3 is 14.8 Å². The van der Waals surface area contributed by atoms with Gasteiger partial charge in [-0.25, -0.2) is 4.98 Å². The standard InChI is InChI=1S/C8H12N2O2/c1-2-7(11)8(12)5-10-4-3-9-6-10/h2-4,6-8,11-12H,1,5H2/t7-,8+/m1/s1. The summed E-state index contributed by atoms with van der Waals surface area (Å²) in [5.74, 6) is 0. The van der Waals surface area contributed by atoms with Gasteiger partial charge in [-0.1, -0.05) is 6.08 Å². The first-order chi connectivity index (χ1) is 5.74. The van der Waals surface area contributed by atoms with Crippen LogP contribution in [-0.4, -0.2) is 32.0 Å². The normalized spacial score (nSPS) is 15.5. The minimum Gasteiger partial charge on any atom is -0.388 e. The van der Waals surface area contributed by atoms with Crippen LogP contribution in [-0.2, 0) is 6.54 Å². The average molecular weight is 168 g/mol. The summed E-state index contributed by atoms with van der Waals surface area (Å²) in [7, 11) is 0. The Balaban J connectivity index is 2.46. The lowest BCUT2D eigenvalue weighted by Crippen LogP contribution is -2.28. The maximum Gasteiger partial charge on any atom is 0.101 e. The average Bonchev–Trinajstić information content (AvgIpc) is 2.55. The zero-order valence-electron chi connectivity index (χ0n) is 6.67. The quantitative estimate of drug-likeness (QED) is 0.612. The highest BCUT2D eigenvalue weighted by Crippen LogP contribution is 1.98. The van der Waals surface area contributed by atoms with Crippen molar-refractivity contribution in [3.8, 4) is 0 Å². The summed E-state index contributed by atoms with van der Waals surface area (Å²) in [4.78, 5) is 3.80. The molecule has 0 saturated carbocycles. The van der Waals surface area contributed by atoms with Crippen LogP contribution >= 0.6 is 0 Å². The van der Waals surface area contributed by atoms with Gasteiger partial charge in [0.2, 0.25) is 0 Å². The Morgan fingerprint density at radius 3 is 2.83 bits per heavy atom. The van der Waals surface area contributed by atoms with Gasteiger partial charge in [-0.2, -0.15) is 0 Å². The topological polar surface area (TPSA) is 58.3 Å². The second kappa shape index (κ2) is 4.04. The number of rotatable bonds is 4. The van der Waals surface area contributed by atoms with Crippen molar-refractivity contribution in [3.05, 3.63) is 31.4 Å². The number of nitrogens with zero attached hydrogens (tertiary/aromatic N) is 2. The SMILES string of the molecule is C=C[C@@H](O)[C@@H](O)Cn1ccnc1. The van der Waals surface area contributed by atoms with E-state index >= 15 is 0 Å². The first-order valence-corrected chi connectivity index (χ1v) is 3.68. The van der Waals surface area contributed by atoms with Crippen molar-refractivity contribution in [2.24, 2.45) is 0 Å². The Bertz CT molecular complexity index is 233. The van der Waals surface area contributed by atoms with Gasteiger partial charge in [0.15, 0.2) is 0 Å². The maximum absolute atomic E-state index is 9.32. The molecule has 0 aliphatic carbocycles. The van der Waals surface area contributed by atoms with Crippen molar-refractivity contribution in [2.45, 2.75) is 18.8 Å². The molecule has 1 rings (SSSR count). The predicted octanol–water partition coefficient (Wildman–Crippen LogP) is -0.209. The Labute approximate surface area is 70.8 Å². The molecule has 66 valence electrons. The predicted molar refractivity (Wildman–Crippen MR) is 44.4 cm³/mol. The molecule has 1 aromatic heterocycles. The van der Waals surface area contributed by atoms with E-state index in [1.807, 2.05) is 0 Å². The van der Waals surface area contributed by atoms with Crippen LogP contribution in [0.2, 0.25) is 0 Å². The van der Waals surface area contributed by atoms with Crippen LogP contribution in [0.15, 0.2) is 31.4 Å². The van der Waals surface area contributed by atoms with Gasteiger partial charge in [0, 0.05) is 12.4 Å². The van der Waals surface area contributed by atoms with Gasteiger partial charge in [-0.15, -0.1) is 6.58 Å². The van der Waals surface area contributed by atoms with E-state index in [1.54, 1.807) is 23.3 Å². The third kappa shape index (κ3) is 2.18. The first-order valence-electron chi connectivity index (χ1n) is 3.68. The molecule has 0 saturated heterocycles. The molecule has 4 heteroatoms. The summed E-state index contributed by atoms with van der Waals surface area (Å²) in [6, 6.07) is 0. The molecule has 0 bridgehead atoms. The van der Waals surface area contributed by atoms with Gasteiger partial charge in [-0.05, 0) is 0 Å². The Morgan fingerprint density at radius 1 is 1.58 bits per heavy atom. The Hall–Kier alpha value is -1.13. The van der Waals surface area contributed by atoms with Gasteiger partial charge in [-0.3, -0.25) is 0 Å². The Kier molecular flexibility index (Phi) is 3.01. The molecule has 0 unspecified atom stereocenters. The molecule has 4 nitrogen and oxygen atoms in total. The molecule has 0 amide bonds. The summed E-state index contributed by atoms with van der Waals surface area (Å²) in [6.07, 6.45) is 4.52. The molecule has 0 spiro atoms. The van der Waals surface area contributed by atoms with Crippen LogP contribution < -0.4 is 0 Å². The van der Waals surface area contributed by atoms with Crippen LogP contribution in [0.1, 0.15) is 0 Å². The number of hydrogen-bond donors (Lipinski definition) is 2. The fourth-order valence-electron chi connectivity index (χ4n) is 0.876. The lowest BCUT2D eigenvalue weighted by Gasteiger charge is -2.14. The van der Waals surface area contributed by atoms with E-state index < -0.39 is 12.2 Å². The van der Waals surface area contributed by atoms with Crippen LogP contribution in [0.5, 0.6) is 0 Å². The van der Waals surface area contributed by atoms with E-state index in [9.17, 15) is 5.11 Å². The zero-order valence-corrected chi connectivity index (χ0v) is 6.67. The molecule has 0 fully saturated rings. The molecule has 0 aliphatic heterocycles. The third-order valence-electron chi connectivity index (χ3n) is 1.59. The number of aromatic nitrogens is 2. The lowest BCUT2D eigenvalue weighted by atomic mass is 10.2. The van der Waals surface area contributed by atoms with Crippen molar-refractivity contribution in [3.63, 3.8) is 0 Å². The zero-order chi connectivity index (χ0) is 8.97. The molecule has 2 N–H and O–H groups in total. The van der Waals surface area contributed by atoms with E-state index in [0.717, 1.165) is 0 Å². The summed E-state index contributed by atoms with van der Waals surface area (Å²) >= 11 is 0. The van der Waals surface area contributed by atoms with Crippen LogP contribution in [0.3, 0.4) is 0 Å². The minimum atomic E-state index is -0.882. The lowest BCUT2D eigenvalue weighted by molar-refractivity contribution is 0.0375. The van der Waals surface area contributed by atoms with Gasteiger partial charge in [0.1, 0.15) is 6.10 Å². The largest absolute Gasteiger partial charge is 0.388 e. The second-order valence-corrected chi connectivity index (χ2v) is 2.55. The van der Waals surface area contributed by atoms with E-state index in [2.05, 4.69) is 11.6 Å². The van der Waals surface area contributed by atoms with Gasteiger partial charge >= 0.3 is 0 Å². The van der Waals surface area contributed by atoms with Crippen molar-refractivity contribution >= 4 is 0 Å². The second-order valence-electron chi connectivity index (χ2n) is 2.55. The third-order valence-corrected chi connectivity index (χ3v) is 1.59. The van der Waals surface area contributed by atoms with E-state index in [-0.39, 0.29) is 0 Å². The van der Waals surface area contributed by atoms with Crippen LogP contribution in [0, 0.1) is 0 Å². The smallest absolute Gasteiger partial charge is 0.101 e. The van der Waals surface area contributed by atoms with Crippen molar-refractivity contribution in [1.82, 2.24) is 9.55 Å². The van der Waals surface area contributed by atoms with E-state index in [1.165, 1.54) is 6.08 Å². The highest BCUT2D eigenvalue weighted by atomic mass is 16.3. The fraction of sp³-hybridized carbons (Fsp3) is 0.375. The molecule has 0 radical (unpaired) electrons. The van der Waals surface area contributed by atoms with Crippen molar-refractivity contribution in [2.75, 3.05) is 0 Å². The molecule has 0 aromatic carbocycles. The monoisotopic (exact) mass is 168 g/mol. The molecule has 0 aliphatic rings. The number of imidazole rings is 1. The van der Waals surface area contributed by atoms with Gasteiger partial charge in [0.05, 0.1) is 19.0 Å². The van der Waals surface area contributed by atoms with Crippen LogP contribution in [0.4, 0.5) is 0 Å². The molecule has 2 atom stereocenters. The highest BCUT2D eigenvalue weighted by Gasteiger charge is 2.12. The van der Waals surface area contributed by atoms with Crippen molar-refractivity contribution in [1.29, 1.82) is 0 Å². The number of aliphatic hydroxyl groups is 2. The minimum absolute atomic E-state index is 0.327. The number of hydrogen-bond acceptors (Lipinski definition) is 3. The highest BCUT2D eigenvalue weighted by molar-refractivity contribution is 4.86. The summed E-state index contributed by atoms with van der Waals surface area (Å²) < 4.78 is 1.69. The van der Waals surface area contributed by atoms with Crippen molar-refractivity contribution < 1.29 is 10.2 Å². The van der Waals surface area contributed by atoms with E-state index in [4.69, 9.17) is 5.11 Å². The molecular formula is C8H12N2O2.